The van der Waals surface area contributed by atoms with Crippen LogP contribution in [0.25, 0.3) is 0 Å². The molecule has 0 saturated carbocycles. The number of amides is 1. The van der Waals surface area contributed by atoms with E-state index in [1.54, 1.807) is 0 Å². The number of carbonyl (C=O) groups is 2. The highest BCUT2D eigenvalue weighted by Gasteiger charge is 2.48. The second-order valence-corrected chi connectivity index (χ2v) is 6.61. The van der Waals surface area contributed by atoms with Gasteiger partial charge in [0.2, 0.25) is 0 Å². The predicted octanol–water partition coefficient (Wildman–Crippen LogP) is 2.12. The average molecular weight is 357 g/mol. The maximum atomic E-state index is 13.2. The fourth-order valence-electron chi connectivity index (χ4n) is 2.32. The van der Waals surface area contributed by atoms with Crippen LogP contribution in [0.4, 0.5) is 13.2 Å². The first kappa shape index (κ1) is 17.0. The maximum Gasteiger partial charge on any atom is 0.408 e. The number of halogens is 4. The molecule has 0 radical (unpaired) electrons. The Kier molecular flexibility index (Phi) is 4.98. The summed E-state index contributed by atoms with van der Waals surface area (Å²) in [5, 5.41) is 13.3. The largest absolute Gasteiger partial charge is 0.480 e. The lowest BCUT2D eigenvalue weighted by atomic mass is 9.96. The van der Waals surface area contributed by atoms with Gasteiger partial charge in [-0.25, -0.2) is 0 Å². The van der Waals surface area contributed by atoms with E-state index in [4.69, 9.17) is 16.7 Å². The molecule has 0 spiro atoms. The Balaban J connectivity index is 2.11. The number of carboxylic acids is 1. The molecule has 2 heterocycles. The Morgan fingerprint density at radius 2 is 2.14 bits per heavy atom. The van der Waals surface area contributed by atoms with Crippen molar-refractivity contribution in [3.63, 3.8) is 0 Å². The van der Waals surface area contributed by atoms with E-state index in [-0.39, 0.29) is 17.8 Å². The van der Waals surface area contributed by atoms with Crippen LogP contribution in [-0.4, -0.2) is 41.8 Å². The van der Waals surface area contributed by atoms with E-state index in [1.807, 2.05) is 5.32 Å². The molecular formula is C12H12ClF3N2O3S. The molecule has 1 aliphatic heterocycles. The summed E-state index contributed by atoms with van der Waals surface area (Å²) >= 11 is 6.53. The molecule has 1 fully saturated rings. The van der Waals surface area contributed by atoms with Gasteiger partial charge in [0, 0.05) is 12.5 Å². The Morgan fingerprint density at radius 3 is 2.59 bits per heavy atom. The Labute approximate surface area is 132 Å². The zero-order valence-corrected chi connectivity index (χ0v) is 12.6. The molecule has 5 nitrogen and oxygen atoms in total. The molecule has 122 valence electrons. The number of rotatable bonds is 4. The molecule has 1 aliphatic rings. The molecule has 0 aliphatic carbocycles. The molecule has 1 amide bonds. The van der Waals surface area contributed by atoms with E-state index in [1.165, 1.54) is 12.1 Å². The topological polar surface area (TPSA) is 78.4 Å². The van der Waals surface area contributed by atoms with Gasteiger partial charge in [-0.05, 0) is 18.6 Å². The normalized spacial score (nSPS) is 23.3. The second-order valence-electron chi connectivity index (χ2n) is 4.89. The van der Waals surface area contributed by atoms with E-state index >= 15 is 0 Å². The Hall–Kier alpha value is -1.32. The van der Waals surface area contributed by atoms with Crippen LogP contribution in [0.15, 0.2) is 12.1 Å². The van der Waals surface area contributed by atoms with E-state index < -0.39 is 36.1 Å². The van der Waals surface area contributed by atoms with Gasteiger partial charge in [0.25, 0.3) is 5.91 Å². The van der Waals surface area contributed by atoms with Crippen molar-refractivity contribution in [1.29, 1.82) is 0 Å². The molecule has 10 heteroatoms. The quantitative estimate of drug-likeness (QED) is 0.772. The lowest BCUT2D eigenvalue weighted by Crippen LogP contribution is -2.50. The van der Waals surface area contributed by atoms with Crippen molar-refractivity contribution in [3.05, 3.63) is 21.3 Å². The third kappa shape index (κ3) is 3.90. The van der Waals surface area contributed by atoms with Crippen LogP contribution >= 0.6 is 22.9 Å². The molecule has 1 aromatic rings. The number of hydrogen-bond acceptors (Lipinski definition) is 4. The van der Waals surface area contributed by atoms with Crippen LogP contribution in [0.3, 0.4) is 0 Å². The monoisotopic (exact) mass is 356 g/mol. The van der Waals surface area contributed by atoms with E-state index in [0.717, 1.165) is 11.3 Å². The van der Waals surface area contributed by atoms with Crippen LogP contribution in [-0.2, 0) is 4.79 Å². The van der Waals surface area contributed by atoms with Crippen molar-refractivity contribution in [1.82, 2.24) is 10.6 Å². The zero-order chi connectivity index (χ0) is 16.5. The van der Waals surface area contributed by atoms with Gasteiger partial charge >= 0.3 is 12.1 Å². The first-order chi connectivity index (χ1) is 10.2. The van der Waals surface area contributed by atoms with Gasteiger partial charge in [-0.1, -0.05) is 11.6 Å². The molecular weight excluding hydrogens is 345 g/mol. The van der Waals surface area contributed by atoms with Gasteiger partial charge in [-0.15, -0.1) is 11.3 Å². The fraction of sp³-hybridized carbons (Fsp3) is 0.500. The fourth-order valence-corrected chi connectivity index (χ4v) is 3.27. The highest BCUT2D eigenvalue weighted by atomic mass is 35.5. The first-order valence-corrected chi connectivity index (χ1v) is 7.47. The maximum absolute atomic E-state index is 13.2. The summed E-state index contributed by atoms with van der Waals surface area (Å²) in [7, 11) is 0. The Bertz CT molecular complexity index is 578. The predicted molar refractivity (Wildman–Crippen MR) is 74.2 cm³/mol. The van der Waals surface area contributed by atoms with E-state index in [2.05, 4.69) is 5.32 Å². The molecule has 2 rings (SSSR count). The van der Waals surface area contributed by atoms with Crippen LogP contribution < -0.4 is 10.6 Å². The van der Waals surface area contributed by atoms with Crippen molar-refractivity contribution < 1.29 is 27.9 Å². The van der Waals surface area contributed by atoms with Crippen LogP contribution in [0.2, 0.25) is 4.34 Å². The molecule has 0 aromatic carbocycles. The zero-order valence-electron chi connectivity index (χ0n) is 11.0. The lowest BCUT2D eigenvalue weighted by Gasteiger charge is -2.26. The number of thiophene rings is 1. The standard InChI is InChI=1S/C12H12ClF3N2O3S/c13-8-2-1-7(22-8)10(19)18-9(12(14,15)16)5-3-6(11(20)21)17-4-5/h1-2,5-6,9,17H,3-4H2,(H,18,19)(H,20,21)/t5-,6-,9?/m0/s1. The SMILES string of the molecule is O=C(NC([C@@H]1CN[C@H](C(=O)O)C1)C(F)(F)F)c1ccc(Cl)s1. The number of hydrogen-bond donors (Lipinski definition) is 3. The lowest BCUT2D eigenvalue weighted by molar-refractivity contribution is -0.164. The molecule has 1 saturated heterocycles. The minimum absolute atomic E-state index is 0.0694. The average Bonchev–Trinajstić information content (AvgIpc) is 3.02. The van der Waals surface area contributed by atoms with Crippen molar-refractivity contribution in [3.8, 4) is 0 Å². The molecule has 0 bridgehead atoms. The molecule has 3 N–H and O–H groups in total. The van der Waals surface area contributed by atoms with Gasteiger partial charge in [-0.3, -0.25) is 9.59 Å². The van der Waals surface area contributed by atoms with Gasteiger partial charge < -0.3 is 15.7 Å². The van der Waals surface area contributed by atoms with Crippen molar-refractivity contribution >= 4 is 34.8 Å². The smallest absolute Gasteiger partial charge is 0.408 e. The summed E-state index contributed by atoms with van der Waals surface area (Å²) in [4.78, 5) is 22.8. The molecule has 1 aromatic heterocycles. The molecule has 3 atom stereocenters. The number of nitrogens with one attached hydrogen (secondary N) is 2. The number of carbonyl (C=O) groups excluding carboxylic acids is 1. The summed E-state index contributed by atoms with van der Waals surface area (Å²) in [6, 6.07) is -0.398. The highest BCUT2D eigenvalue weighted by molar-refractivity contribution is 7.17. The van der Waals surface area contributed by atoms with Crippen molar-refractivity contribution in [2.45, 2.75) is 24.7 Å². The van der Waals surface area contributed by atoms with Gasteiger partial charge in [0.05, 0.1) is 9.21 Å². The van der Waals surface area contributed by atoms with Crippen LogP contribution in [0, 0.1) is 5.92 Å². The van der Waals surface area contributed by atoms with Gasteiger partial charge in [0.1, 0.15) is 12.1 Å². The Morgan fingerprint density at radius 1 is 1.45 bits per heavy atom. The van der Waals surface area contributed by atoms with E-state index in [9.17, 15) is 22.8 Å². The van der Waals surface area contributed by atoms with Gasteiger partial charge in [0.15, 0.2) is 0 Å². The number of aliphatic carboxylic acids is 1. The van der Waals surface area contributed by atoms with Crippen molar-refractivity contribution in [2.24, 2.45) is 5.92 Å². The summed E-state index contributed by atoms with van der Waals surface area (Å²) in [6.45, 7) is -0.132. The summed E-state index contributed by atoms with van der Waals surface area (Å²) in [6.07, 6.45) is -4.87. The van der Waals surface area contributed by atoms with Crippen LogP contribution in [0.1, 0.15) is 16.1 Å². The minimum atomic E-state index is -4.67. The molecule has 22 heavy (non-hydrogen) atoms. The highest BCUT2D eigenvalue weighted by Crippen LogP contribution is 2.31. The van der Waals surface area contributed by atoms with Gasteiger partial charge in [-0.2, -0.15) is 13.2 Å². The first-order valence-electron chi connectivity index (χ1n) is 6.27. The third-order valence-corrected chi connectivity index (χ3v) is 4.60. The summed E-state index contributed by atoms with van der Waals surface area (Å²) in [5.41, 5.74) is 0. The minimum Gasteiger partial charge on any atom is -0.480 e. The van der Waals surface area contributed by atoms with Crippen molar-refractivity contribution in [2.75, 3.05) is 6.54 Å². The third-order valence-electron chi connectivity index (χ3n) is 3.37. The number of alkyl halides is 3. The van der Waals surface area contributed by atoms with E-state index in [0.29, 0.717) is 4.34 Å². The summed E-state index contributed by atoms with van der Waals surface area (Å²) < 4.78 is 39.8. The van der Waals surface area contributed by atoms with Crippen LogP contribution in [0.5, 0.6) is 0 Å². The second kappa shape index (κ2) is 6.43. The summed E-state index contributed by atoms with van der Waals surface area (Å²) in [5.74, 6) is -3.13. The molecule has 1 unspecified atom stereocenters. The number of carboxylic acid groups (broad SMARTS) is 1.